The van der Waals surface area contributed by atoms with Crippen molar-refractivity contribution in [3.05, 3.63) is 34.6 Å². The fourth-order valence-electron chi connectivity index (χ4n) is 1.44. The minimum absolute atomic E-state index is 0.0903. The Morgan fingerprint density at radius 1 is 1.27 bits per heavy atom. The van der Waals surface area contributed by atoms with Gasteiger partial charge < -0.3 is 5.32 Å². The molecule has 0 bridgehead atoms. The number of halogens is 1. The van der Waals surface area contributed by atoms with Crippen LogP contribution in [-0.4, -0.2) is 0 Å². The molecule has 11 heavy (non-hydrogen) atoms. The summed E-state index contributed by atoms with van der Waals surface area (Å²) in [6.07, 6.45) is 0. The average molecular weight is 151 g/mol. The zero-order valence-corrected chi connectivity index (χ0v) is 6.45. The standard InChI is InChI=1S/C9H10FN/c1-6-2-7-4-11-5-8(7)3-9(6)10/h2-3,11H,4-5H2,1H3. The van der Waals surface area contributed by atoms with E-state index in [9.17, 15) is 4.39 Å². The lowest BCUT2D eigenvalue weighted by atomic mass is 10.1. The van der Waals surface area contributed by atoms with E-state index in [1.807, 2.05) is 6.07 Å². The Kier molecular flexibility index (Phi) is 1.43. The largest absolute Gasteiger partial charge is 0.309 e. The maximum atomic E-state index is 12.9. The summed E-state index contributed by atoms with van der Waals surface area (Å²) in [6.45, 7) is 3.50. The third kappa shape index (κ3) is 1.03. The fraction of sp³-hybridized carbons (Fsp3) is 0.333. The second-order valence-corrected chi connectivity index (χ2v) is 2.97. The van der Waals surface area contributed by atoms with Crippen LogP contribution in [0.5, 0.6) is 0 Å². The van der Waals surface area contributed by atoms with Gasteiger partial charge >= 0.3 is 0 Å². The van der Waals surface area contributed by atoms with Crippen molar-refractivity contribution in [3.8, 4) is 0 Å². The normalized spacial score (nSPS) is 15.1. The van der Waals surface area contributed by atoms with Crippen LogP contribution < -0.4 is 5.32 Å². The number of fused-ring (bicyclic) bond motifs is 1. The molecule has 0 amide bonds. The summed E-state index contributed by atoms with van der Waals surface area (Å²) in [5, 5.41) is 3.18. The van der Waals surface area contributed by atoms with Gasteiger partial charge in [0.15, 0.2) is 0 Å². The lowest BCUT2D eigenvalue weighted by Gasteiger charge is -2.00. The summed E-state index contributed by atoms with van der Waals surface area (Å²) in [5.74, 6) is -0.0903. The summed E-state index contributed by atoms with van der Waals surface area (Å²) >= 11 is 0. The molecule has 0 aromatic heterocycles. The molecule has 58 valence electrons. The number of benzene rings is 1. The molecule has 2 rings (SSSR count). The third-order valence-electron chi connectivity index (χ3n) is 2.11. The van der Waals surface area contributed by atoms with Gasteiger partial charge in [-0.2, -0.15) is 0 Å². The van der Waals surface area contributed by atoms with E-state index in [-0.39, 0.29) is 5.82 Å². The van der Waals surface area contributed by atoms with Crippen molar-refractivity contribution in [3.63, 3.8) is 0 Å². The molecule has 1 aliphatic heterocycles. The van der Waals surface area contributed by atoms with E-state index >= 15 is 0 Å². The molecule has 0 saturated carbocycles. The van der Waals surface area contributed by atoms with Crippen LogP contribution in [0.2, 0.25) is 0 Å². The molecule has 0 atom stereocenters. The van der Waals surface area contributed by atoms with Crippen LogP contribution in [0.4, 0.5) is 4.39 Å². The van der Waals surface area contributed by atoms with Crippen molar-refractivity contribution in [1.29, 1.82) is 0 Å². The van der Waals surface area contributed by atoms with Crippen molar-refractivity contribution in [1.82, 2.24) is 5.32 Å². The molecule has 1 heterocycles. The van der Waals surface area contributed by atoms with Gasteiger partial charge in [0.05, 0.1) is 0 Å². The highest BCUT2D eigenvalue weighted by molar-refractivity contribution is 5.34. The zero-order chi connectivity index (χ0) is 7.84. The second-order valence-electron chi connectivity index (χ2n) is 2.97. The number of aryl methyl sites for hydroxylation is 1. The molecule has 2 heteroatoms. The molecule has 0 fully saturated rings. The van der Waals surface area contributed by atoms with Crippen molar-refractivity contribution in [2.24, 2.45) is 0 Å². The Labute approximate surface area is 65.2 Å². The molecule has 0 spiro atoms. The predicted molar refractivity (Wildman–Crippen MR) is 41.7 cm³/mol. The van der Waals surface area contributed by atoms with Crippen molar-refractivity contribution in [2.45, 2.75) is 20.0 Å². The van der Waals surface area contributed by atoms with Gasteiger partial charge in [0, 0.05) is 13.1 Å². The van der Waals surface area contributed by atoms with Gasteiger partial charge in [0.1, 0.15) is 5.82 Å². The van der Waals surface area contributed by atoms with E-state index in [4.69, 9.17) is 0 Å². The Balaban J connectivity index is 2.57. The number of nitrogens with one attached hydrogen (secondary N) is 1. The van der Waals surface area contributed by atoms with E-state index in [2.05, 4.69) is 5.32 Å². The van der Waals surface area contributed by atoms with Gasteiger partial charge in [-0.15, -0.1) is 0 Å². The van der Waals surface area contributed by atoms with Gasteiger partial charge in [-0.25, -0.2) is 4.39 Å². The first kappa shape index (κ1) is 6.80. The zero-order valence-electron chi connectivity index (χ0n) is 6.45. The molecule has 0 aliphatic carbocycles. The number of rotatable bonds is 0. The van der Waals surface area contributed by atoms with Crippen LogP contribution in [0.3, 0.4) is 0 Å². The Morgan fingerprint density at radius 2 is 1.91 bits per heavy atom. The van der Waals surface area contributed by atoms with Crippen LogP contribution in [-0.2, 0) is 13.1 Å². The summed E-state index contributed by atoms with van der Waals surface area (Å²) in [6, 6.07) is 3.55. The quantitative estimate of drug-likeness (QED) is 0.595. The molecule has 1 aromatic rings. The second kappa shape index (κ2) is 2.31. The fourth-order valence-corrected chi connectivity index (χ4v) is 1.44. The molecule has 0 radical (unpaired) electrons. The molecular formula is C9H10FN. The Hall–Kier alpha value is -0.890. The molecule has 1 aliphatic rings. The first-order valence-corrected chi connectivity index (χ1v) is 3.76. The SMILES string of the molecule is Cc1cc2c(cc1F)CNC2. The number of hydrogen-bond acceptors (Lipinski definition) is 1. The third-order valence-corrected chi connectivity index (χ3v) is 2.11. The average Bonchev–Trinajstić information content (AvgIpc) is 2.36. The van der Waals surface area contributed by atoms with Crippen molar-refractivity contribution < 1.29 is 4.39 Å². The van der Waals surface area contributed by atoms with E-state index in [1.54, 1.807) is 13.0 Å². The highest BCUT2D eigenvalue weighted by atomic mass is 19.1. The maximum Gasteiger partial charge on any atom is 0.126 e. The van der Waals surface area contributed by atoms with Crippen LogP contribution >= 0.6 is 0 Å². The minimum atomic E-state index is -0.0903. The summed E-state index contributed by atoms with van der Waals surface area (Å²) < 4.78 is 12.9. The smallest absolute Gasteiger partial charge is 0.126 e. The molecule has 1 nitrogen and oxygen atoms in total. The van der Waals surface area contributed by atoms with Gasteiger partial charge in [-0.05, 0) is 29.7 Å². The first-order valence-electron chi connectivity index (χ1n) is 3.76. The van der Waals surface area contributed by atoms with Gasteiger partial charge in [-0.1, -0.05) is 6.07 Å². The van der Waals surface area contributed by atoms with E-state index < -0.39 is 0 Å². The van der Waals surface area contributed by atoms with E-state index in [1.165, 1.54) is 5.56 Å². The van der Waals surface area contributed by atoms with E-state index in [0.717, 1.165) is 24.2 Å². The summed E-state index contributed by atoms with van der Waals surface area (Å²) in [5.41, 5.74) is 3.09. The highest BCUT2D eigenvalue weighted by Gasteiger charge is 2.11. The monoisotopic (exact) mass is 151 g/mol. The minimum Gasteiger partial charge on any atom is -0.309 e. The lowest BCUT2D eigenvalue weighted by Crippen LogP contribution is -1.99. The van der Waals surface area contributed by atoms with E-state index in [0.29, 0.717) is 0 Å². The topological polar surface area (TPSA) is 12.0 Å². The first-order chi connectivity index (χ1) is 5.27. The molecule has 0 unspecified atom stereocenters. The Morgan fingerprint density at radius 3 is 2.64 bits per heavy atom. The number of hydrogen-bond donors (Lipinski definition) is 1. The molecule has 1 N–H and O–H groups in total. The predicted octanol–water partition coefficient (Wildman–Crippen LogP) is 1.74. The van der Waals surface area contributed by atoms with Crippen LogP contribution in [0, 0.1) is 12.7 Å². The van der Waals surface area contributed by atoms with Crippen LogP contribution in [0.15, 0.2) is 12.1 Å². The molecule has 1 aromatic carbocycles. The molecule has 0 saturated heterocycles. The summed E-state index contributed by atoms with van der Waals surface area (Å²) in [4.78, 5) is 0. The maximum absolute atomic E-state index is 12.9. The highest BCUT2D eigenvalue weighted by Crippen LogP contribution is 2.19. The molecular weight excluding hydrogens is 141 g/mol. The van der Waals surface area contributed by atoms with Crippen LogP contribution in [0.25, 0.3) is 0 Å². The van der Waals surface area contributed by atoms with Crippen molar-refractivity contribution in [2.75, 3.05) is 0 Å². The van der Waals surface area contributed by atoms with Crippen molar-refractivity contribution >= 4 is 0 Å². The summed E-state index contributed by atoms with van der Waals surface area (Å²) in [7, 11) is 0. The van der Waals surface area contributed by atoms with Crippen LogP contribution in [0.1, 0.15) is 16.7 Å². The van der Waals surface area contributed by atoms with Gasteiger partial charge in [0.25, 0.3) is 0 Å². The Bertz CT molecular complexity index is 265. The van der Waals surface area contributed by atoms with Gasteiger partial charge in [0.2, 0.25) is 0 Å². The van der Waals surface area contributed by atoms with Gasteiger partial charge in [-0.3, -0.25) is 0 Å². The lowest BCUT2D eigenvalue weighted by molar-refractivity contribution is 0.616.